The summed E-state index contributed by atoms with van der Waals surface area (Å²) in [6, 6.07) is 6.03. The zero-order valence-corrected chi connectivity index (χ0v) is 8.32. The van der Waals surface area contributed by atoms with E-state index in [2.05, 4.69) is 4.99 Å². The molecule has 0 bridgehead atoms. The Morgan fingerprint density at radius 1 is 1.50 bits per heavy atom. The van der Waals surface area contributed by atoms with Crippen LogP contribution in [0.2, 0.25) is 0 Å². The van der Waals surface area contributed by atoms with Crippen molar-refractivity contribution in [2.75, 3.05) is 18.5 Å². The van der Waals surface area contributed by atoms with Gasteiger partial charge < -0.3 is 4.90 Å². The van der Waals surface area contributed by atoms with Gasteiger partial charge in [-0.3, -0.25) is 4.79 Å². The van der Waals surface area contributed by atoms with Gasteiger partial charge in [-0.1, -0.05) is 12.1 Å². The number of hydrogen-bond donors (Lipinski definition) is 0. The van der Waals surface area contributed by atoms with Crippen LogP contribution in [0.1, 0.15) is 5.56 Å². The summed E-state index contributed by atoms with van der Waals surface area (Å²) < 4.78 is 0. The van der Waals surface area contributed by atoms with Crippen LogP contribution in [0.25, 0.3) is 0 Å². The summed E-state index contributed by atoms with van der Waals surface area (Å²) in [5, 5.41) is 0. The number of aliphatic imine (C=N–C) groups is 1. The van der Waals surface area contributed by atoms with Crippen molar-refractivity contribution in [1.29, 1.82) is 0 Å². The van der Waals surface area contributed by atoms with Crippen LogP contribution in [0.3, 0.4) is 0 Å². The smallest absolute Gasteiger partial charge is 0.166 e. The number of carbonyl (C=O) groups excluding carboxylic acids is 1. The third kappa shape index (κ3) is 1.31. The summed E-state index contributed by atoms with van der Waals surface area (Å²) in [4.78, 5) is 17.0. The largest absolute Gasteiger partial charge is 0.367 e. The first kappa shape index (κ1) is 8.94. The number of aldehydes is 1. The van der Waals surface area contributed by atoms with Gasteiger partial charge in [0.05, 0.1) is 17.9 Å². The number of carbonyl (C=O) groups is 1. The minimum absolute atomic E-state index is 0.592. The highest BCUT2D eigenvalue weighted by atomic mass is 16.1. The van der Waals surface area contributed by atoms with Crippen molar-refractivity contribution in [2.45, 2.75) is 6.92 Å². The maximum atomic E-state index is 10.7. The van der Waals surface area contributed by atoms with E-state index in [1.165, 1.54) is 0 Å². The van der Waals surface area contributed by atoms with Gasteiger partial charge in [-0.2, -0.15) is 0 Å². The Balaban J connectivity index is 2.60. The highest BCUT2D eigenvalue weighted by molar-refractivity contribution is 6.31. The third-order valence-corrected chi connectivity index (χ3v) is 2.42. The van der Waals surface area contributed by atoms with Crippen LogP contribution in [-0.2, 0) is 4.79 Å². The maximum absolute atomic E-state index is 10.7. The van der Waals surface area contributed by atoms with Crippen molar-refractivity contribution in [3.63, 3.8) is 0 Å². The molecule has 0 saturated carbocycles. The van der Waals surface area contributed by atoms with Crippen molar-refractivity contribution in [1.82, 2.24) is 0 Å². The van der Waals surface area contributed by atoms with Crippen molar-refractivity contribution in [2.24, 2.45) is 4.99 Å². The molecule has 2 rings (SSSR count). The van der Waals surface area contributed by atoms with Crippen LogP contribution in [0, 0.1) is 6.92 Å². The first-order chi connectivity index (χ1) is 6.72. The zero-order valence-electron chi connectivity index (χ0n) is 8.32. The average Bonchev–Trinajstić information content (AvgIpc) is 2.19. The molecule has 0 atom stereocenters. The molecular formula is C11H12N2O. The van der Waals surface area contributed by atoms with Crippen LogP contribution in [0.15, 0.2) is 23.2 Å². The first-order valence-electron chi connectivity index (χ1n) is 4.56. The minimum Gasteiger partial charge on any atom is -0.367 e. The van der Waals surface area contributed by atoms with E-state index in [0.29, 0.717) is 12.3 Å². The third-order valence-electron chi connectivity index (χ3n) is 2.42. The lowest BCUT2D eigenvalue weighted by molar-refractivity contribution is -0.102. The Morgan fingerprint density at radius 2 is 2.29 bits per heavy atom. The number of aryl methyl sites for hydroxylation is 1. The molecule has 3 nitrogen and oxygen atoms in total. The van der Waals surface area contributed by atoms with Crippen LogP contribution in [0.5, 0.6) is 0 Å². The standard InChI is InChI=1S/C11H12N2O/c1-8-4-3-5-10-11(8)12-9(7-14)6-13(10)2/h3-5,7H,6H2,1-2H3. The average molecular weight is 188 g/mol. The van der Waals surface area contributed by atoms with E-state index in [0.717, 1.165) is 23.2 Å². The monoisotopic (exact) mass is 188 g/mol. The molecule has 0 aromatic heterocycles. The lowest BCUT2D eigenvalue weighted by Crippen LogP contribution is -2.29. The van der Waals surface area contributed by atoms with Gasteiger partial charge in [0.25, 0.3) is 0 Å². The summed E-state index contributed by atoms with van der Waals surface area (Å²) in [6.07, 6.45) is 0.825. The van der Waals surface area contributed by atoms with Gasteiger partial charge in [0, 0.05) is 7.05 Å². The molecule has 0 N–H and O–H groups in total. The maximum Gasteiger partial charge on any atom is 0.166 e. The Morgan fingerprint density at radius 3 is 3.00 bits per heavy atom. The van der Waals surface area contributed by atoms with E-state index < -0.39 is 0 Å². The number of anilines is 1. The molecule has 72 valence electrons. The minimum atomic E-state index is 0.592. The first-order valence-corrected chi connectivity index (χ1v) is 4.56. The van der Waals surface area contributed by atoms with Gasteiger partial charge in [0.15, 0.2) is 6.29 Å². The van der Waals surface area contributed by atoms with Crippen LogP contribution in [-0.4, -0.2) is 25.6 Å². The molecule has 0 unspecified atom stereocenters. The molecule has 0 aliphatic carbocycles. The van der Waals surface area contributed by atoms with E-state index in [4.69, 9.17) is 0 Å². The normalized spacial score (nSPS) is 14.7. The Labute approximate surface area is 83.1 Å². The quantitative estimate of drug-likeness (QED) is 0.628. The van der Waals surface area contributed by atoms with Gasteiger partial charge in [-0.05, 0) is 18.6 Å². The van der Waals surface area contributed by atoms with E-state index in [1.807, 2.05) is 37.1 Å². The van der Waals surface area contributed by atoms with Crippen molar-refractivity contribution in [3.8, 4) is 0 Å². The van der Waals surface area contributed by atoms with Gasteiger partial charge in [0.2, 0.25) is 0 Å². The highest BCUT2D eigenvalue weighted by Crippen LogP contribution is 2.33. The number of benzene rings is 1. The zero-order chi connectivity index (χ0) is 10.1. The SMILES string of the molecule is Cc1cccc2c1N=C(C=O)CN2C. The lowest BCUT2D eigenvalue weighted by Gasteiger charge is -2.25. The van der Waals surface area contributed by atoms with E-state index in [-0.39, 0.29) is 0 Å². The molecule has 0 fully saturated rings. The molecule has 0 radical (unpaired) electrons. The summed E-state index contributed by atoms with van der Waals surface area (Å²) in [7, 11) is 1.97. The fourth-order valence-corrected chi connectivity index (χ4v) is 1.67. The number of nitrogens with zero attached hydrogens (tertiary/aromatic N) is 2. The Bertz CT molecular complexity index is 410. The second-order valence-corrected chi connectivity index (χ2v) is 3.52. The predicted molar refractivity (Wildman–Crippen MR) is 57.6 cm³/mol. The van der Waals surface area contributed by atoms with E-state index >= 15 is 0 Å². The van der Waals surface area contributed by atoms with Crippen molar-refractivity contribution >= 4 is 23.4 Å². The summed E-state index contributed by atoms with van der Waals surface area (Å²) >= 11 is 0. The van der Waals surface area contributed by atoms with E-state index in [1.54, 1.807) is 0 Å². The van der Waals surface area contributed by atoms with Crippen LogP contribution in [0.4, 0.5) is 11.4 Å². The highest BCUT2D eigenvalue weighted by Gasteiger charge is 2.16. The molecule has 14 heavy (non-hydrogen) atoms. The summed E-state index contributed by atoms with van der Waals surface area (Å²) in [6.45, 7) is 2.60. The van der Waals surface area contributed by atoms with Gasteiger partial charge in [-0.15, -0.1) is 0 Å². The van der Waals surface area contributed by atoms with Crippen LogP contribution < -0.4 is 4.90 Å². The molecule has 0 saturated heterocycles. The van der Waals surface area contributed by atoms with Gasteiger partial charge in [0.1, 0.15) is 5.71 Å². The molecule has 1 aromatic rings. The fraction of sp³-hybridized carbons (Fsp3) is 0.273. The topological polar surface area (TPSA) is 32.7 Å². The number of rotatable bonds is 1. The second kappa shape index (κ2) is 3.25. The molecule has 3 heteroatoms. The van der Waals surface area contributed by atoms with Gasteiger partial charge in [-0.25, -0.2) is 4.99 Å². The second-order valence-electron chi connectivity index (χ2n) is 3.52. The number of fused-ring (bicyclic) bond motifs is 1. The Kier molecular flexibility index (Phi) is 2.08. The molecular weight excluding hydrogens is 176 g/mol. The van der Waals surface area contributed by atoms with E-state index in [9.17, 15) is 4.79 Å². The molecule has 0 amide bonds. The number of hydrogen-bond acceptors (Lipinski definition) is 3. The number of para-hydroxylation sites is 1. The predicted octanol–water partition coefficient (Wildman–Crippen LogP) is 1.72. The Hall–Kier alpha value is -1.64. The molecule has 1 aliphatic heterocycles. The van der Waals surface area contributed by atoms with Gasteiger partial charge >= 0.3 is 0 Å². The lowest BCUT2D eigenvalue weighted by atomic mass is 10.1. The molecule has 1 heterocycles. The summed E-state index contributed by atoms with van der Waals surface area (Å²) in [5.41, 5.74) is 3.71. The van der Waals surface area contributed by atoms with Crippen molar-refractivity contribution < 1.29 is 4.79 Å². The molecule has 0 spiro atoms. The molecule has 1 aliphatic rings. The summed E-state index contributed by atoms with van der Waals surface area (Å²) in [5.74, 6) is 0. The van der Waals surface area contributed by atoms with Crippen LogP contribution >= 0.6 is 0 Å². The fourth-order valence-electron chi connectivity index (χ4n) is 1.67. The molecule has 1 aromatic carbocycles. The van der Waals surface area contributed by atoms with Crippen molar-refractivity contribution in [3.05, 3.63) is 23.8 Å².